The lowest BCUT2D eigenvalue weighted by molar-refractivity contribution is -0.272. The fourth-order valence-electron chi connectivity index (χ4n) is 2.68. The lowest BCUT2D eigenvalue weighted by atomic mass is 9.98. The van der Waals surface area contributed by atoms with Crippen molar-refractivity contribution < 1.29 is 18.3 Å². The Kier molecular flexibility index (Phi) is 9.06. The molecule has 0 saturated heterocycles. The minimum absolute atomic E-state index is 0. The molecular formula is C17H21Cl2F3IN5O. The fraction of sp³-hybridized carbons (Fsp3) is 0.412. The maximum Gasteiger partial charge on any atom is 0.424 e. The number of nitrogens with one attached hydrogen (secondary N) is 1. The Morgan fingerprint density at radius 1 is 1.38 bits per heavy atom. The van der Waals surface area contributed by atoms with E-state index >= 15 is 0 Å². The van der Waals surface area contributed by atoms with Crippen LogP contribution in [0.2, 0.25) is 10.0 Å². The first-order valence-corrected chi connectivity index (χ1v) is 8.99. The number of halogens is 6. The van der Waals surface area contributed by atoms with Crippen LogP contribution in [0.25, 0.3) is 0 Å². The summed E-state index contributed by atoms with van der Waals surface area (Å²) < 4.78 is 41.5. The molecule has 2 rings (SSSR count). The second kappa shape index (κ2) is 10.2. The highest BCUT2D eigenvalue weighted by atomic mass is 127. The molecule has 2 atom stereocenters. The van der Waals surface area contributed by atoms with Crippen LogP contribution in [0.5, 0.6) is 0 Å². The van der Waals surface area contributed by atoms with Gasteiger partial charge in [-0.3, -0.25) is 4.99 Å². The van der Waals surface area contributed by atoms with Crippen molar-refractivity contribution in [3.05, 3.63) is 52.0 Å². The molecule has 2 aromatic rings. The number of nitrogens with zero attached hydrogens (tertiary/aromatic N) is 3. The summed E-state index contributed by atoms with van der Waals surface area (Å²) in [5.74, 6) is -0.592. The van der Waals surface area contributed by atoms with Crippen LogP contribution >= 0.6 is 47.2 Å². The molecule has 4 N–H and O–H groups in total. The number of hydrogen-bond donors (Lipinski definition) is 3. The molecule has 1 aromatic heterocycles. The largest absolute Gasteiger partial charge is 0.424 e. The van der Waals surface area contributed by atoms with Gasteiger partial charge in [0.2, 0.25) is 5.60 Å². The van der Waals surface area contributed by atoms with E-state index in [2.05, 4.69) is 15.3 Å². The molecule has 1 aromatic carbocycles. The third-order valence-electron chi connectivity index (χ3n) is 4.21. The number of alkyl halides is 3. The van der Waals surface area contributed by atoms with Gasteiger partial charge in [-0.1, -0.05) is 29.3 Å². The van der Waals surface area contributed by atoms with Gasteiger partial charge in [-0.2, -0.15) is 13.2 Å². The van der Waals surface area contributed by atoms with Crippen LogP contribution in [0.3, 0.4) is 0 Å². The Labute approximate surface area is 193 Å². The van der Waals surface area contributed by atoms with Gasteiger partial charge in [0.25, 0.3) is 0 Å². The number of aliphatic hydroxyl groups is 1. The number of aromatic nitrogens is 2. The van der Waals surface area contributed by atoms with Gasteiger partial charge in [0.05, 0.1) is 6.04 Å². The summed E-state index contributed by atoms with van der Waals surface area (Å²) in [6.07, 6.45) is -3.15. The normalized spacial score (nSPS) is 15.4. The third kappa shape index (κ3) is 6.12. The predicted octanol–water partition coefficient (Wildman–Crippen LogP) is 4.15. The van der Waals surface area contributed by atoms with Crippen molar-refractivity contribution in [1.82, 2.24) is 14.9 Å². The number of hydrogen-bond acceptors (Lipinski definition) is 3. The number of nitrogens with two attached hydrogens (primary N) is 1. The van der Waals surface area contributed by atoms with Crippen LogP contribution < -0.4 is 11.1 Å². The highest BCUT2D eigenvalue weighted by Crippen LogP contribution is 2.40. The topological polar surface area (TPSA) is 88.5 Å². The first-order valence-electron chi connectivity index (χ1n) is 8.24. The number of aliphatic imine (C=N–C) groups is 1. The van der Waals surface area contributed by atoms with Crippen LogP contribution in [0, 0.1) is 0 Å². The molecule has 0 aliphatic rings. The summed E-state index contributed by atoms with van der Waals surface area (Å²) in [6.45, 7) is 1.39. The Morgan fingerprint density at radius 3 is 2.55 bits per heavy atom. The summed E-state index contributed by atoms with van der Waals surface area (Å²) in [6, 6.07) is 4.58. The lowest BCUT2D eigenvalue weighted by Crippen LogP contribution is -2.45. The first-order chi connectivity index (χ1) is 13.0. The molecule has 0 aliphatic carbocycles. The van der Waals surface area contributed by atoms with Crippen molar-refractivity contribution in [1.29, 1.82) is 0 Å². The highest BCUT2D eigenvalue weighted by Gasteiger charge is 2.57. The van der Waals surface area contributed by atoms with Gasteiger partial charge in [0, 0.05) is 42.5 Å². The average molecular weight is 566 g/mol. The molecule has 29 heavy (non-hydrogen) atoms. The monoisotopic (exact) mass is 565 g/mol. The molecule has 6 nitrogen and oxygen atoms in total. The molecule has 0 radical (unpaired) electrons. The zero-order chi connectivity index (χ0) is 21.1. The van der Waals surface area contributed by atoms with Crippen molar-refractivity contribution >= 4 is 53.1 Å². The zero-order valence-electron chi connectivity index (χ0n) is 15.5. The molecular weight excluding hydrogens is 545 g/mol. The van der Waals surface area contributed by atoms with Crippen molar-refractivity contribution in [2.75, 3.05) is 6.54 Å². The smallest absolute Gasteiger partial charge is 0.374 e. The molecule has 0 amide bonds. The van der Waals surface area contributed by atoms with Gasteiger partial charge in [-0.15, -0.1) is 24.0 Å². The molecule has 1 heterocycles. The van der Waals surface area contributed by atoms with Crippen molar-refractivity contribution in [2.24, 2.45) is 17.8 Å². The second-order valence-electron chi connectivity index (χ2n) is 6.27. The maximum atomic E-state index is 13.5. The van der Waals surface area contributed by atoms with Gasteiger partial charge in [-0.25, -0.2) is 4.98 Å². The minimum atomic E-state index is -4.92. The van der Waals surface area contributed by atoms with E-state index in [1.54, 1.807) is 25.1 Å². The van der Waals surface area contributed by atoms with Gasteiger partial charge < -0.3 is 20.7 Å². The second-order valence-corrected chi connectivity index (χ2v) is 7.11. The van der Waals surface area contributed by atoms with E-state index in [-0.39, 0.29) is 42.5 Å². The molecule has 2 unspecified atom stereocenters. The van der Waals surface area contributed by atoms with Gasteiger partial charge in [0.15, 0.2) is 5.96 Å². The maximum absolute atomic E-state index is 13.5. The molecule has 162 valence electrons. The third-order valence-corrected chi connectivity index (χ3v) is 4.77. The van der Waals surface area contributed by atoms with E-state index < -0.39 is 24.0 Å². The summed E-state index contributed by atoms with van der Waals surface area (Å²) in [5, 5.41) is 14.0. The molecule has 0 saturated carbocycles. The van der Waals surface area contributed by atoms with Gasteiger partial charge >= 0.3 is 6.18 Å². The van der Waals surface area contributed by atoms with Crippen molar-refractivity contribution in [2.45, 2.75) is 31.2 Å². The fourth-order valence-corrected chi connectivity index (χ4v) is 3.25. The number of rotatable bonds is 6. The van der Waals surface area contributed by atoms with Crippen molar-refractivity contribution in [3.8, 4) is 0 Å². The van der Waals surface area contributed by atoms with Crippen LogP contribution in [0.15, 0.2) is 35.6 Å². The Hall–Kier alpha value is -1.24. The van der Waals surface area contributed by atoms with E-state index in [4.69, 9.17) is 28.9 Å². The lowest BCUT2D eigenvalue weighted by Gasteiger charge is -2.29. The standard InChI is InChI=1S/C17H20Cl2F3N5O.HI/c1-10(12-4-3-11(18)9-13(12)19)26-15(23)25-6-5-16(28,17(20,21)22)14-24-7-8-27(14)2;/h3-4,7-10,28H,5-6H2,1-2H3,(H3,23,25,26);1H. The molecule has 12 heteroatoms. The van der Waals surface area contributed by atoms with Crippen molar-refractivity contribution in [3.63, 3.8) is 0 Å². The highest BCUT2D eigenvalue weighted by molar-refractivity contribution is 14.0. The number of aryl methyl sites for hydroxylation is 1. The minimum Gasteiger partial charge on any atom is -0.374 e. The van der Waals surface area contributed by atoms with Crippen LogP contribution in [-0.4, -0.2) is 33.3 Å². The Bertz CT molecular complexity index is 862. The average Bonchev–Trinajstić information content (AvgIpc) is 2.99. The number of imidazole rings is 1. The predicted molar refractivity (Wildman–Crippen MR) is 118 cm³/mol. The van der Waals surface area contributed by atoms with E-state index in [0.29, 0.717) is 15.6 Å². The quantitative estimate of drug-likeness (QED) is 0.279. The van der Waals surface area contributed by atoms with E-state index in [9.17, 15) is 18.3 Å². The molecule has 0 spiro atoms. The SMILES string of the molecule is CC(NC(N)=NCCC(O)(c1nccn1C)C(F)(F)F)c1ccc(Cl)cc1Cl.I. The number of guanidine groups is 1. The van der Waals surface area contributed by atoms with E-state index in [1.807, 2.05) is 0 Å². The molecule has 0 aliphatic heterocycles. The molecule has 0 fully saturated rings. The Balaban J connectivity index is 0.00000420. The van der Waals surface area contributed by atoms with Crippen LogP contribution in [-0.2, 0) is 12.6 Å². The molecule has 0 bridgehead atoms. The summed E-state index contributed by atoms with van der Waals surface area (Å²) in [5.41, 5.74) is 3.32. The number of benzene rings is 1. The zero-order valence-corrected chi connectivity index (χ0v) is 19.4. The first kappa shape index (κ1) is 25.8. The van der Waals surface area contributed by atoms with Crippen LogP contribution in [0.1, 0.15) is 30.8 Å². The van der Waals surface area contributed by atoms with E-state index in [0.717, 1.165) is 4.57 Å². The Morgan fingerprint density at radius 2 is 2.03 bits per heavy atom. The summed E-state index contributed by atoms with van der Waals surface area (Å²) in [4.78, 5) is 7.52. The summed E-state index contributed by atoms with van der Waals surface area (Å²) >= 11 is 12.0. The van der Waals surface area contributed by atoms with Crippen LogP contribution in [0.4, 0.5) is 13.2 Å². The van der Waals surface area contributed by atoms with Gasteiger partial charge in [-0.05, 0) is 24.6 Å². The van der Waals surface area contributed by atoms with E-state index in [1.165, 1.54) is 19.4 Å². The summed E-state index contributed by atoms with van der Waals surface area (Å²) in [7, 11) is 1.37. The van der Waals surface area contributed by atoms with Gasteiger partial charge in [0.1, 0.15) is 5.82 Å².